The second kappa shape index (κ2) is 8.76. The van der Waals surface area contributed by atoms with Crippen molar-refractivity contribution in [3.8, 4) is 0 Å². The van der Waals surface area contributed by atoms with E-state index in [4.69, 9.17) is 0 Å². The summed E-state index contributed by atoms with van der Waals surface area (Å²) in [6, 6.07) is 10.5. The minimum atomic E-state index is -3.51. The number of thiophene rings is 1. The highest BCUT2D eigenvalue weighted by Crippen LogP contribution is 2.42. The molecule has 1 aliphatic rings. The van der Waals surface area contributed by atoms with Gasteiger partial charge in [0.2, 0.25) is 10.0 Å². The van der Waals surface area contributed by atoms with Gasteiger partial charge < -0.3 is 5.32 Å². The van der Waals surface area contributed by atoms with Crippen LogP contribution in [-0.2, 0) is 15.4 Å². The fraction of sp³-hybridized carbons (Fsp3) is 0.476. The number of rotatable bonds is 8. The maximum absolute atomic E-state index is 12.7. The summed E-state index contributed by atoms with van der Waals surface area (Å²) in [6.45, 7) is 5.09. The molecule has 2 aromatic rings. The van der Waals surface area contributed by atoms with Crippen LogP contribution in [0.1, 0.15) is 54.8 Å². The number of carbonyl (C=O) groups excluding carboxylic acids is 1. The average Bonchev–Trinajstić information content (AvgIpc) is 3.39. The Morgan fingerprint density at radius 1 is 1.11 bits per heavy atom. The number of nitrogens with one attached hydrogen (secondary N) is 1. The van der Waals surface area contributed by atoms with Gasteiger partial charge in [-0.15, -0.1) is 11.3 Å². The van der Waals surface area contributed by atoms with Crippen LogP contribution in [0.3, 0.4) is 0 Å². The van der Waals surface area contributed by atoms with E-state index in [0.29, 0.717) is 25.2 Å². The molecule has 0 atom stereocenters. The van der Waals surface area contributed by atoms with Gasteiger partial charge in [-0.05, 0) is 48.6 Å². The number of nitrogens with zero attached hydrogens (tertiary/aromatic N) is 1. The highest BCUT2D eigenvalue weighted by molar-refractivity contribution is 7.89. The third-order valence-electron chi connectivity index (χ3n) is 5.65. The molecule has 0 spiro atoms. The Morgan fingerprint density at radius 3 is 2.29 bits per heavy atom. The van der Waals surface area contributed by atoms with Gasteiger partial charge in [0.15, 0.2) is 0 Å². The molecule has 1 aliphatic carbocycles. The Balaban J connectivity index is 1.70. The van der Waals surface area contributed by atoms with Gasteiger partial charge in [-0.2, -0.15) is 4.31 Å². The van der Waals surface area contributed by atoms with E-state index in [2.05, 4.69) is 22.8 Å². The molecule has 152 valence electrons. The van der Waals surface area contributed by atoms with Crippen molar-refractivity contribution in [1.29, 1.82) is 0 Å². The first-order chi connectivity index (χ1) is 13.4. The highest BCUT2D eigenvalue weighted by atomic mass is 32.2. The van der Waals surface area contributed by atoms with Crippen LogP contribution in [0, 0.1) is 0 Å². The third-order valence-corrected chi connectivity index (χ3v) is 8.83. The van der Waals surface area contributed by atoms with Crippen LogP contribution in [0.5, 0.6) is 0 Å². The average molecular weight is 421 g/mol. The number of hydrogen-bond donors (Lipinski definition) is 1. The lowest BCUT2D eigenvalue weighted by Gasteiger charge is -2.28. The molecule has 28 heavy (non-hydrogen) atoms. The van der Waals surface area contributed by atoms with E-state index in [9.17, 15) is 13.2 Å². The van der Waals surface area contributed by atoms with Crippen LogP contribution in [0.25, 0.3) is 0 Å². The smallest absolute Gasteiger partial charge is 0.251 e. The number of sulfonamides is 1. The zero-order valence-corrected chi connectivity index (χ0v) is 18.1. The number of carbonyl (C=O) groups is 1. The van der Waals surface area contributed by atoms with E-state index in [-0.39, 0.29) is 16.2 Å². The predicted molar refractivity (Wildman–Crippen MR) is 113 cm³/mol. The van der Waals surface area contributed by atoms with Crippen molar-refractivity contribution in [2.45, 2.75) is 49.8 Å². The number of benzene rings is 1. The first-order valence-corrected chi connectivity index (χ1v) is 12.2. The highest BCUT2D eigenvalue weighted by Gasteiger charge is 2.36. The fourth-order valence-corrected chi connectivity index (χ4v) is 6.43. The molecule has 0 radical (unpaired) electrons. The van der Waals surface area contributed by atoms with E-state index in [1.54, 1.807) is 23.5 Å². The van der Waals surface area contributed by atoms with Crippen molar-refractivity contribution in [1.82, 2.24) is 9.62 Å². The van der Waals surface area contributed by atoms with E-state index in [1.165, 1.54) is 34.2 Å². The summed E-state index contributed by atoms with van der Waals surface area (Å²) in [4.78, 5) is 14.2. The van der Waals surface area contributed by atoms with E-state index in [1.807, 2.05) is 13.8 Å². The van der Waals surface area contributed by atoms with Crippen LogP contribution in [-0.4, -0.2) is 38.3 Å². The zero-order chi connectivity index (χ0) is 20.2. The van der Waals surface area contributed by atoms with Gasteiger partial charge in [-0.25, -0.2) is 8.42 Å². The molecular formula is C21H28N2O3S2. The van der Waals surface area contributed by atoms with Crippen molar-refractivity contribution in [3.05, 3.63) is 52.2 Å². The lowest BCUT2D eigenvalue weighted by Crippen LogP contribution is -2.38. The summed E-state index contributed by atoms with van der Waals surface area (Å²) < 4.78 is 26.6. The summed E-state index contributed by atoms with van der Waals surface area (Å²) in [5, 5.41) is 5.17. The molecule has 0 bridgehead atoms. The minimum Gasteiger partial charge on any atom is -0.351 e. The summed E-state index contributed by atoms with van der Waals surface area (Å²) >= 11 is 1.76. The van der Waals surface area contributed by atoms with E-state index in [0.717, 1.165) is 12.8 Å². The quantitative estimate of drug-likeness (QED) is 0.701. The van der Waals surface area contributed by atoms with Crippen LogP contribution in [0.4, 0.5) is 0 Å². The van der Waals surface area contributed by atoms with Crippen molar-refractivity contribution >= 4 is 27.3 Å². The molecule has 0 aliphatic heterocycles. The minimum absolute atomic E-state index is 0.0376. The Labute approximate surface area is 171 Å². The first-order valence-electron chi connectivity index (χ1n) is 9.85. The molecule has 1 amide bonds. The normalized spacial score (nSPS) is 16.4. The molecule has 1 fully saturated rings. The van der Waals surface area contributed by atoms with Crippen LogP contribution in [0.15, 0.2) is 46.7 Å². The Kier molecular flexibility index (Phi) is 6.58. The van der Waals surface area contributed by atoms with E-state index >= 15 is 0 Å². The maximum atomic E-state index is 12.7. The Hall–Kier alpha value is -1.70. The van der Waals surface area contributed by atoms with Gasteiger partial charge >= 0.3 is 0 Å². The second-order valence-corrected chi connectivity index (χ2v) is 10.1. The maximum Gasteiger partial charge on any atom is 0.251 e. The van der Waals surface area contributed by atoms with Gasteiger partial charge in [0, 0.05) is 35.5 Å². The lowest BCUT2D eigenvalue weighted by atomic mass is 9.84. The van der Waals surface area contributed by atoms with Crippen LogP contribution >= 0.6 is 11.3 Å². The second-order valence-electron chi connectivity index (χ2n) is 7.26. The van der Waals surface area contributed by atoms with Crippen molar-refractivity contribution in [3.63, 3.8) is 0 Å². The lowest BCUT2D eigenvalue weighted by molar-refractivity contribution is 0.0943. The molecular weight excluding hydrogens is 392 g/mol. The molecule has 1 heterocycles. The number of hydrogen-bond acceptors (Lipinski definition) is 4. The summed E-state index contributed by atoms with van der Waals surface area (Å²) in [6.07, 6.45) is 4.56. The predicted octanol–water partition coefficient (Wildman–Crippen LogP) is 4.02. The molecule has 5 nitrogen and oxygen atoms in total. The van der Waals surface area contributed by atoms with Gasteiger partial charge in [0.25, 0.3) is 5.91 Å². The van der Waals surface area contributed by atoms with Crippen LogP contribution in [0.2, 0.25) is 0 Å². The van der Waals surface area contributed by atoms with Crippen LogP contribution < -0.4 is 5.32 Å². The molecule has 0 saturated heterocycles. The molecule has 0 unspecified atom stereocenters. The van der Waals surface area contributed by atoms with Gasteiger partial charge in [-0.3, -0.25) is 4.79 Å². The third kappa shape index (κ3) is 4.16. The first kappa shape index (κ1) is 21.0. The largest absolute Gasteiger partial charge is 0.351 e. The van der Waals surface area contributed by atoms with Crippen molar-refractivity contribution in [2.24, 2.45) is 0 Å². The molecule has 7 heteroatoms. The Bertz CT molecular complexity index is 880. The summed E-state index contributed by atoms with van der Waals surface area (Å²) in [5.41, 5.74) is 0.522. The SMILES string of the molecule is CCN(CC)S(=O)(=O)c1ccc(C(=O)NCC2(c3cccs3)CCCC2)cc1. The number of amides is 1. The fourth-order valence-electron chi connectivity index (χ4n) is 3.98. The summed E-state index contributed by atoms with van der Waals surface area (Å²) in [7, 11) is -3.51. The molecule has 3 rings (SSSR count). The Morgan fingerprint density at radius 2 is 1.75 bits per heavy atom. The van der Waals surface area contributed by atoms with E-state index < -0.39 is 10.0 Å². The van der Waals surface area contributed by atoms with Crippen molar-refractivity contribution in [2.75, 3.05) is 19.6 Å². The van der Waals surface area contributed by atoms with Crippen molar-refractivity contribution < 1.29 is 13.2 Å². The molecule has 1 saturated carbocycles. The standard InChI is InChI=1S/C21H28N2O3S2/c1-3-23(4-2)28(25,26)18-11-9-17(10-12-18)20(24)22-16-21(13-5-6-14-21)19-8-7-15-27-19/h7-12,15H,3-6,13-14,16H2,1-2H3,(H,22,24). The molecule has 1 aromatic heterocycles. The van der Waals surface area contributed by atoms with Gasteiger partial charge in [0.1, 0.15) is 0 Å². The molecule has 1 N–H and O–H groups in total. The zero-order valence-electron chi connectivity index (χ0n) is 16.5. The monoisotopic (exact) mass is 420 g/mol. The summed E-state index contributed by atoms with van der Waals surface area (Å²) in [5.74, 6) is -0.158. The van der Waals surface area contributed by atoms with Gasteiger partial charge in [-0.1, -0.05) is 32.8 Å². The molecule has 1 aromatic carbocycles. The topological polar surface area (TPSA) is 66.5 Å². The van der Waals surface area contributed by atoms with Gasteiger partial charge in [0.05, 0.1) is 4.90 Å².